The maximum atomic E-state index is 10.2. The van der Waals surface area contributed by atoms with Gasteiger partial charge in [-0.1, -0.05) is 13.8 Å². The van der Waals surface area contributed by atoms with Gasteiger partial charge in [0.2, 0.25) is 5.78 Å². The van der Waals surface area contributed by atoms with Gasteiger partial charge in [-0.15, -0.1) is 0 Å². The Kier molecular flexibility index (Phi) is 6.56. The third-order valence-corrected chi connectivity index (χ3v) is 0.735. The van der Waals surface area contributed by atoms with Gasteiger partial charge in [-0.2, -0.15) is 0 Å². The summed E-state index contributed by atoms with van der Waals surface area (Å²) in [6, 6.07) is 0. The summed E-state index contributed by atoms with van der Waals surface area (Å²) >= 11 is 0. The number of carboxylic acid groups (broad SMARTS) is 1. The number of hydrogen-bond acceptors (Lipinski definition) is 2. The fraction of sp³-hybridized carbons (Fsp3) is 0.600. The molecule has 0 spiro atoms. The maximum Gasteiger partial charge on any atom is 0.372 e. The van der Waals surface area contributed by atoms with E-state index in [0.717, 1.165) is 0 Å². The zero-order chi connectivity index (χ0) is 6.73. The van der Waals surface area contributed by atoms with Crippen LogP contribution in [0.15, 0.2) is 0 Å². The molecule has 0 unspecified atom stereocenters. The van der Waals surface area contributed by atoms with Gasteiger partial charge in [0, 0.05) is 35.5 Å². The number of aliphatic carboxylic acids is 1. The van der Waals surface area contributed by atoms with Crippen LogP contribution < -0.4 is 0 Å². The molecule has 0 aromatic carbocycles. The number of carboxylic acids is 1. The third kappa shape index (κ3) is 4.63. The smallest absolute Gasteiger partial charge is 0.372 e. The van der Waals surface area contributed by atoms with Crippen molar-refractivity contribution in [3.05, 3.63) is 0 Å². The predicted molar refractivity (Wildman–Crippen MR) is 33.2 cm³/mol. The second kappa shape index (κ2) is 4.97. The van der Waals surface area contributed by atoms with Gasteiger partial charge in [0.1, 0.15) is 0 Å². The summed E-state index contributed by atoms with van der Waals surface area (Å²) in [7, 11) is 0. The fourth-order valence-electron chi connectivity index (χ4n) is 0.247. The molecular weight excluding hydrogens is 136 g/mol. The van der Waals surface area contributed by atoms with Crippen LogP contribution >= 0.6 is 0 Å². The molecule has 0 aliphatic rings. The first-order valence-electron chi connectivity index (χ1n) is 2.33. The SMILES string of the molecule is [13CH3][13CH]([13CH3])[13C](=O)[13C](=O)O.[Na]. The summed E-state index contributed by atoms with van der Waals surface area (Å²) in [6.45, 7) is 3.10. The fourth-order valence-corrected chi connectivity index (χ4v) is 0.247. The number of hydrogen-bond donors (Lipinski definition) is 1. The predicted octanol–water partition coefficient (Wildman–Crippen LogP) is -0.0847. The van der Waals surface area contributed by atoms with Crippen LogP contribution in [-0.2, 0) is 9.59 Å². The van der Waals surface area contributed by atoms with E-state index in [0.29, 0.717) is 0 Å². The van der Waals surface area contributed by atoms with E-state index in [-0.39, 0.29) is 29.6 Å². The van der Waals surface area contributed by atoms with E-state index in [1.54, 1.807) is 13.8 Å². The Hall–Kier alpha value is 0.140. The third-order valence-electron chi connectivity index (χ3n) is 0.735. The van der Waals surface area contributed by atoms with E-state index in [9.17, 15) is 9.59 Å². The molecular formula is C5H8NaO3. The average Bonchev–Trinajstić information content (AvgIpc) is 1.64. The Balaban J connectivity index is 0. The quantitative estimate of drug-likeness (QED) is 0.335. The number of carbonyl (C=O) groups excluding carboxylic acids is 1. The first-order chi connectivity index (χ1) is 3.55. The molecule has 4 heteroatoms. The van der Waals surface area contributed by atoms with Gasteiger partial charge in [-0.25, -0.2) is 4.79 Å². The summed E-state index contributed by atoms with van der Waals surface area (Å²) in [5.74, 6) is -2.47. The Morgan fingerprint density at radius 3 is 1.67 bits per heavy atom. The summed E-state index contributed by atoms with van der Waals surface area (Å²) in [4.78, 5) is 20.0. The van der Waals surface area contributed by atoms with Gasteiger partial charge in [0.15, 0.2) is 0 Å². The Morgan fingerprint density at radius 2 is 1.67 bits per heavy atom. The molecule has 1 radical (unpaired) electrons. The Bertz CT molecular complexity index is 119. The molecule has 0 aromatic heterocycles. The summed E-state index contributed by atoms with van der Waals surface area (Å²) in [5, 5.41) is 8.00. The summed E-state index contributed by atoms with van der Waals surface area (Å²) < 4.78 is 0. The molecule has 0 aliphatic heterocycles. The van der Waals surface area contributed by atoms with Crippen molar-refractivity contribution in [3.8, 4) is 0 Å². The van der Waals surface area contributed by atoms with E-state index in [1.165, 1.54) is 0 Å². The minimum atomic E-state index is -1.35. The van der Waals surface area contributed by atoms with Crippen molar-refractivity contribution in [2.24, 2.45) is 5.92 Å². The molecule has 0 atom stereocenters. The number of rotatable bonds is 2. The second-order valence-electron chi connectivity index (χ2n) is 1.82. The monoisotopic (exact) mass is 144 g/mol. The van der Waals surface area contributed by atoms with Gasteiger partial charge < -0.3 is 5.11 Å². The zero-order valence-corrected chi connectivity index (χ0v) is 7.84. The van der Waals surface area contributed by atoms with E-state index < -0.39 is 17.7 Å². The maximum absolute atomic E-state index is 10.2. The normalized spacial score (nSPS) is 8.33. The minimum Gasteiger partial charge on any atom is -0.475 e. The van der Waals surface area contributed by atoms with Crippen LogP contribution in [0.5, 0.6) is 0 Å². The molecule has 0 aromatic rings. The van der Waals surface area contributed by atoms with Crippen LogP contribution in [0.2, 0.25) is 0 Å². The largest absolute Gasteiger partial charge is 0.475 e. The topological polar surface area (TPSA) is 54.4 Å². The van der Waals surface area contributed by atoms with Gasteiger partial charge in [0.05, 0.1) is 0 Å². The molecule has 0 saturated heterocycles. The van der Waals surface area contributed by atoms with Crippen molar-refractivity contribution in [2.45, 2.75) is 13.8 Å². The Morgan fingerprint density at radius 1 is 1.33 bits per heavy atom. The standard InChI is InChI=1S/C5H8O3.Na/c1-3(2)4(6)5(7)8;/h3H,1-2H3,(H,7,8);/i1+1,2+1,3+1,4+1,5+1;. The van der Waals surface area contributed by atoms with Crippen molar-refractivity contribution in [3.63, 3.8) is 0 Å². The minimum absolute atomic E-state index is 0. The molecule has 47 valence electrons. The molecule has 3 nitrogen and oxygen atoms in total. The number of carbonyl (C=O) groups is 2. The van der Waals surface area contributed by atoms with Crippen molar-refractivity contribution >= 4 is 41.3 Å². The number of ketones is 1. The zero-order valence-electron chi connectivity index (χ0n) is 5.84. The first-order valence-corrected chi connectivity index (χ1v) is 2.33. The molecule has 0 heterocycles. The van der Waals surface area contributed by atoms with Crippen LogP contribution in [0.25, 0.3) is 0 Å². The summed E-state index contributed by atoms with van der Waals surface area (Å²) in [6.07, 6.45) is 0. The second-order valence-corrected chi connectivity index (χ2v) is 1.82. The molecule has 0 bridgehead atoms. The van der Waals surface area contributed by atoms with E-state index in [1.807, 2.05) is 0 Å². The first kappa shape index (κ1) is 11.9. The van der Waals surface area contributed by atoms with Crippen LogP contribution in [-0.4, -0.2) is 46.4 Å². The molecule has 0 aliphatic carbocycles. The van der Waals surface area contributed by atoms with Crippen molar-refractivity contribution in [2.75, 3.05) is 0 Å². The van der Waals surface area contributed by atoms with Crippen LogP contribution in [0.3, 0.4) is 0 Å². The van der Waals surface area contributed by atoms with E-state index in [4.69, 9.17) is 5.11 Å². The van der Waals surface area contributed by atoms with Gasteiger partial charge >= 0.3 is 5.97 Å². The summed E-state index contributed by atoms with van der Waals surface area (Å²) in [5.41, 5.74) is 0. The number of Topliss-reactive ketones (excluding diaryl/α,β-unsaturated/α-hetero) is 1. The van der Waals surface area contributed by atoms with E-state index >= 15 is 0 Å². The van der Waals surface area contributed by atoms with Gasteiger partial charge in [-0.05, 0) is 0 Å². The van der Waals surface area contributed by atoms with Gasteiger partial charge in [0.25, 0.3) is 0 Å². The molecule has 0 saturated carbocycles. The van der Waals surface area contributed by atoms with Gasteiger partial charge in [-0.3, -0.25) is 4.79 Å². The molecule has 0 rings (SSSR count). The van der Waals surface area contributed by atoms with Crippen LogP contribution in [0.1, 0.15) is 13.8 Å². The Labute approximate surface area is 75.7 Å². The molecule has 0 fully saturated rings. The average molecular weight is 144 g/mol. The van der Waals surface area contributed by atoms with Crippen molar-refractivity contribution in [1.29, 1.82) is 0 Å². The molecule has 0 amide bonds. The van der Waals surface area contributed by atoms with Crippen molar-refractivity contribution < 1.29 is 14.7 Å². The van der Waals surface area contributed by atoms with Crippen LogP contribution in [0, 0.1) is 5.92 Å². The molecule has 9 heavy (non-hydrogen) atoms. The van der Waals surface area contributed by atoms with Crippen molar-refractivity contribution in [1.82, 2.24) is 0 Å². The van der Waals surface area contributed by atoms with Crippen LogP contribution in [0.4, 0.5) is 0 Å². The molecule has 1 N–H and O–H groups in total. The van der Waals surface area contributed by atoms with E-state index in [2.05, 4.69) is 0 Å².